The average molecular weight is 264 g/mol. The van der Waals surface area contributed by atoms with Crippen molar-refractivity contribution in [2.75, 3.05) is 33.0 Å². The molecular weight excluding hydrogens is 248 g/mol. The first-order valence-corrected chi connectivity index (χ1v) is 7.09. The number of nitrogen functional groups attached to an aromatic ring is 1. The van der Waals surface area contributed by atoms with Crippen LogP contribution < -0.4 is 5.73 Å². The summed E-state index contributed by atoms with van der Waals surface area (Å²) in [5.74, 6) is 0. The normalized spacial score (nSPS) is 12.2. The third-order valence-electron chi connectivity index (χ3n) is 2.08. The first-order valence-electron chi connectivity index (χ1n) is 4.77. The predicted octanol–water partition coefficient (Wildman–Crippen LogP) is 0.987. The molecule has 0 fully saturated rings. The van der Waals surface area contributed by atoms with E-state index in [0.717, 1.165) is 11.3 Å². The summed E-state index contributed by atoms with van der Waals surface area (Å²) < 4.78 is 30.4. The Hall–Kier alpha value is -0.630. The zero-order chi connectivity index (χ0) is 12.2. The van der Waals surface area contributed by atoms with Crippen molar-refractivity contribution in [1.29, 1.82) is 0 Å². The summed E-state index contributed by atoms with van der Waals surface area (Å²) in [4.78, 5) is 0. The van der Waals surface area contributed by atoms with E-state index < -0.39 is 10.0 Å². The summed E-state index contributed by atoms with van der Waals surface area (Å²) in [7, 11) is -0.234. The van der Waals surface area contributed by atoms with E-state index >= 15 is 0 Å². The number of rotatable bonds is 6. The van der Waals surface area contributed by atoms with E-state index in [1.807, 2.05) is 0 Å². The lowest BCUT2D eigenvalue weighted by Gasteiger charge is -2.15. The van der Waals surface area contributed by atoms with Crippen molar-refractivity contribution in [3.63, 3.8) is 0 Å². The number of ether oxygens (including phenoxy) is 1. The molecule has 92 valence electrons. The van der Waals surface area contributed by atoms with Crippen LogP contribution in [-0.2, 0) is 14.8 Å². The molecule has 0 amide bonds. The Bertz CT molecular complexity index is 428. The molecule has 0 atom stereocenters. The lowest BCUT2D eigenvalue weighted by atomic mass is 10.5. The number of anilines is 1. The molecular formula is C9H16N2O3S2. The zero-order valence-electron chi connectivity index (χ0n) is 9.34. The van der Waals surface area contributed by atoms with Crippen LogP contribution >= 0.6 is 11.3 Å². The number of hydrogen-bond donors (Lipinski definition) is 1. The minimum atomic E-state index is -3.38. The largest absolute Gasteiger partial charge is 0.398 e. The van der Waals surface area contributed by atoms with Crippen molar-refractivity contribution >= 4 is 27.0 Å². The van der Waals surface area contributed by atoms with Crippen LogP contribution in [-0.4, -0.2) is 40.0 Å². The molecule has 1 aromatic rings. The fourth-order valence-corrected chi connectivity index (χ4v) is 3.67. The summed E-state index contributed by atoms with van der Waals surface area (Å²) >= 11 is 1.14. The van der Waals surface area contributed by atoms with Gasteiger partial charge in [-0.1, -0.05) is 0 Å². The summed E-state index contributed by atoms with van der Waals surface area (Å²) in [6.45, 7) is 0.987. The van der Waals surface area contributed by atoms with Gasteiger partial charge in [-0.2, -0.15) is 0 Å². The van der Waals surface area contributed by atoms with Gasteiger partial charge in [0.2, 0.25) is 0 Å². The van der Waals surface area contributed by atoms with Crippen LogP contribution in [0.2, 0.25) is 0 Å². The minimum Gasteiger partial charge on any atom is -0.398 e. The van der Waals surface area contributed by atoms with Crippen molar-refractivity contribution in [3.8, 4) is 0 Å². The SMILES string of the molecule is COCCCN(C)S(=O)(=O)c1cc(N)cs1. The number of nitrogens with two attached hydrogens (primary N) is 1. The highest BCUT2D eigenvalue weighted by molar-refractivity contribution is 7.91. The molecule has 0 aliphatic rings. The number of nitrogens with zero attached hydrogens (tertiary/aromatic N) is 1. The lowest BCUT2D eigenvalue weighted by Crippen LogP contribution is -2.28. The highest BCUT2D eigenvalue weighted by Gasteiger charge is 2.21. The number of hydrogen-bond acceptors (Lipinski definition) is 5. The molecule has 0 saturated carbocycles. The summed E-state index contributed by atoms with van der Waals surface area (Å²) in [6.07, 6.45) is 0.674. The van der Waals surface area contributed by atoms with Crippen LogP contribution in [0, 0.1) is 0 Å². The van der Waals surface area contributed by atoms with E-state index in [0.29, 0.717) is 25.3 Å². The molecule has 7 heteroatoms. The second-order valence-corrected chi connectivity index (χ2v) is 6.55. The second-order valence-electron chi connectivity index (χ2n) is 3.37. The van der Waals surface area contributed by atoms with Gasteiger partial charge in [0.25, 0.3) is 10.0 Å². The predicted molar refractivity (Wildman–Crippen MR) is 65.0 cm³/mol. The second kappa shape index (κ2) is 5.62. The van der Waals surface area contributed by atoms with Crippen LogP contribution in [0.15, 0.2) is 15.7 Å². The average Bonchev–Trinajstić information content (AvgIpc) is 2.65. The van der Waals surface area contributed by atoms with Gasteiger partial charge in [0.15, 0.2) is 0 Å². The summed E-state index contributed by atoms with van der Waals surface area (Å²) in [6, 6.07) is 1.48. The van der Waals surface area contributed by atoms with E-state index in [1.54, 1.807) is 19.5 Å². The monoisotopic (exact) mass is 264 g/mol. The molecule has 0 radical (unpaired) electrons. The maximum Gasteiger partial charge on any atom is 0.252 e. The summed E-state index contributed by atoms with van der Waals surface area (Å²) in [5, 5.41) is 1.62. The fourth-order valence-electron chi connectivity index (χ4n) is 1.17. The molecule has 0 unspecified atom stereocenters. The Balaban J connectivity index is 2.70. The quantitative estimate of drug-likeness (QED) is 0.778. The lowest BCUT2D eigenvalue weighted by molar-refractivity contribution is 0.189. The van der Waals surface area contributed by atoms with Crippen LogP contribution in [0.3, 0.4) is 0 Å². The maximum absolute atomic E-state index is 12.0. The van der Waals surface area contributed by atoms with Crippen LogP contribution in [0.4, 0.5) is 5.69 Å². The minimum absolute atomic E-state index is 0.282. The van der Waals surface area contributed by atoms with Gasteiger partial charge in [-0.05, 0) is 12.5 Å². The van der Waals surface area contributed by atoms with Gasteiger partial charge < -0.3 is 10.5 Å². The molecule has 0 aromatic carbocycles. The summed E-state index contributed by atoms with van der Waals surface area (Å²) in [5.41, 5.74) is 5.98. The van der Waals surface area contributed by atoms with Crippen molar-refractivity contribution in [2.45, 2.75) is 10.6 Å². The first-order chi connectivity index (χ1) is 7.48. The Morgan fingerprint density at radius 1 is 1.56 bits per heavy atom. The van der Waals surface area contributed by atoms with E-state index in [4.69, 9.17) is 10.5 Å². The van der Waals surface area contributed by atoms with Crippen molar-refractivity contribution < 1.29 is 13.2 Å². The topological polar surface area (TPSA) is 72.6 Å². The maximum atomic E-state index is 12.0. The van der Waals surface area contributed by atoms with Crippen molar-refractivity contribution in [2.24, 2.45) is 0 Å². The van der Waals surface area contributed by atoms with Crippen LogP contribution in [0.5, 0.6) is 0 Å². The van der Waals surface area contributed by atoms with E-state index in [9.17, 15) is 8.42 Å². The molecule has 0 aliphatic carbocycles. The van der Waals surface area contributed by atoms with Gasteiger partial charge in [0.1, 0.15) is 4.21 Å². The molecule has 0 spiro atoms. The third-order valence-corrected chi connectivity index (χ3v) is 5.37. The number of methoxy groups -OCH3 is 1. The van der Waals surface area contributed by atoms with E-state index in [2.05, 4.69) is 0 Å². The standard InChI is InChI=1S/C9H16N2O3S2/c1-11(4-3-5-14-2)16(12,13)9-6-8(10)7-15-9/h6-7H,3-5,10H2,1-2H3. The van der Waals surface area contributed by atoms with Gasteiger partial charge >= 0.3 is 0 Å². The highest BCUT2D eigenvalue weighted by atomic mass is 32.2. The molecule has 2 N–H and O–H groups in total. The fraction of sp³-hybridized carbons (Fsp3) is 0.556. The molecule has 16 heavy (non-hydrogen) atoms. The van der Waals surface area contributed by atoms with Crippen molar-refractivity contribution in [1.82, 2.24) is 4.31 Å². The molecule has 5 nitrogen and oxygen atoms in total. The zero-order valence-corrected chi connectivity index (χ0v) is 11.0. The molecule has 0 aliphatic heterocycles. The Kier molecular flexibility index (Phi) is 4.72. The van der Waals surface area contributed by atoms with Crippen LogP contribution in [0.25, 0.3) is 0 Å². The molecule has 0 saturated heterocycles. The Morgan fingerprint density at radius 3 is 2.75 bits per heavy atom. The molecule has 0 bridgehead atoms. The van der Waals surface area contributed by atoms with Gasteiger partial charge in [0, 0.05) is 38.4 Å². The number of sulfonamides is 1. The van der Waals surface area contributed by atoms with Gasteiger partial charge in [0.05, 0.1) is 0 Å². The van der Waals surface area contributed by atoms with Crippen LogP contribution in [0.1, 0.15) is 6.42 Å². The van der Waals surface area contributed by atoms with E-state index in [1.165, 1.54) is 10.4 Å². The Labute approximate surface area is 99.9 Å². The first kappa shape index (κ1) is 13.4. The third kappa shape index (κ3) is 3.18. The number of thiophene rings is 1. The van der Waals surface area contributed by atoms with Gasteiger partial charge in [-0.15, -0.1) is 11.3 Å². The van der Waals surface area contributed by atoms with Crippen molar-refractivity contribution in [3.05, 3.63) is 11.4 Å². The Morgan fingerprint density at radius 2 is 2.25 bits per heavy atom. The van der Waals surface area contributed by atoms with E-state index in [-0.39, 0.29) is 4.21 Å². The molecule has 1 rings (SSSR count). The smallest absolute Gasteiger partial charge is 0.252 e. The van der Waals surface area contributed by atoms with Gasteiger partial charge in [-0.3, -0.25) is 0 Å². The molecule has 1 heterocycles. The molecule has 1 aromatic heterocycles. The highest BCUT2D eigenvalue weighted by Crippen LogP contribution is 2.24. The van der Waals surface area contributed by atoms with Gasteiger partial charge in [-0.25, -0.2) is 12.7 Å².